The molecule has 2 heterocycles. The number of halogens is 1. The Kier molecular flexibility index (Phi) is 4.97. The van der Waals surface area contributed by atoms with Gasteiger partial charge in [0.25, 0.3) is 0 Å². The fourth-order valence-corrected chi connectivity index (χ4v) is 3.96. The van der Waals surface area contributed by atoms with Crippen LogP contribution in [0.4, 0.5) is 5.69 Å². The Labute approximate surface area is 163 Å². The highest BCUT2D eigenvalue weighted by Gasteiger charge is 2.29. The lowest BCUT2D eigenvalue weighted by molar-refractivity contribution is -0.123. The van der Waals surface area contributed by atoms with Crippen molar-refractivity contribution in [3.8, 4) is 0 Å². The predicted molar refractivity (Wildman–Crippen MR) is 109 cm³/mol. The highest BCUT2D eigenvalue weighted by Crippen LogP contribution is 2.29. The van der Waals surface area contributed by atoms with Crippen LogP contribution in [0, 0.1) is 0 Å². The number of anilines is 1. The van der Waals surface area contributed by atoms with E-state index in [0.29, 0.717) is 5.02 Å². The molecule has 1 unspecified atom stereocenters. The van der Waals surface area contributed by atoms with Gasteiger partial charge in [-0.2, -0.15) is 0 Å². The molecule has 1 aromatic heterocycles. The molecule has 1 aliphatic heterocycles. The normalized spacial score (nSPS) is 16.4. The summed E-state index contributed by atoms with van der Waals surface area (Å²) in [6.45, 7) is 3.16. The van der Waals surface area contributed by atoms with Gasteiger partial charge in [0.2, 0.25) is 5.91 Å². The van der Waals surface area contributed by atoms with Crippen LogP contribution in [-0.4, -0.2) is 42.0 Å². The van der Waals surface area contributed by atoms with Crippen molar-refractivity contribution in [2.75, 3.05) is 31.1 Å². The average molecular weight is 381 g/mol. The fraction of sp³-hybridized carbons (Fsp3) is 0.238. The summed E-state index contributed by atoms with van der Waals surface area (Å²) in [5, 5.41) is 1.77. The van der Waals surface area contributed by atoms with E-state index in [9.17, 15) is 4.79 Å². The van der Waals surface area contributed by atoms with Gasteiger partial charge in [0.1, 0.15) is 6.04 Å². The molecule has 2 N–H and O–H groups in total. The molecule has 0 radical (unpaired) electrons. The maximum Gasteiger partial charge on any atom is 0.239 e. The van der Waals surface area contributed by atoms with Crippen LogP contribution in [0.3, 0.4) is 0 Å². The predicted octanol–water partition coefficient (Wildman–Crippen LogP) is 3.24. The Morgan fingerprint density at radius 1 is 1.04 bits per heavy atom. The topological polar surface area (TPSA) is 62.5 Å². The zero-order chi connectivity index (χ0) is 18.8. The lowest BCUT2D eigenvalue weighted by Gasteiger charge is -2.39. The number of amides is 1. The third-order valence-corrected chi connectivity index (χ3v) is 5.32. The number of nitrogens with zero attached hydrogens (tertiary/aromatic N) is 3. The number of hydrogen-bond donors (Lipinski definition) is 1. The number of primary amides is 1. The molecule has 2 aromatic carbocycles. The summed E-state index contributed by atoms with van der Waals surface area (Å²) in [5.41, 5.74) is 8.70. The molecule has 0 spiro atoms. The molecule has 6 heteroatoms. The fourth-order valence-electron chi connectivity index (χ4n) is 3.79. The number of carbonyl (C=O) groups excluding carboxylic acids is 1. The summed E-state index contributed by atoms with van der Waals surface area (Å²) in [6, 6.07) is 17.2. The van der Waals surface area contributed by atoms with Crippen LogP contribution >= 0.6 is 11.6 Å². The summed E-state index contributed by atoms with van der Waals surface area (Å²) >= 11 is 6.09. The first kappa shape index (κ1) is 17.8. The van der Waals surface area contributed by atoms with Gasteiger partial charge in [-0.1, -0.05) is 41.9 Å². The average Bonchev–Trinajstić information content (AvgIpc) is 2.68. The molecule has 1 aliphatic rings. The van der Waals surface area contributed by atoms with Gasteiger partial charge >= 0.3 is 0 Å². The molecule has 138 valence electrons. The van der Waals surface area contributed by atoms with E-state index >= 15 is 0 Å². The Morgan fingerprint density at radius 2 is 1.78 bits per heavy atom. The minimum absolute atomic E-state index is 0.307. The minimum Gasteiger partial charge on any atom is -0.368 e. The zero-order valence-electron chi connectivity index (χ0n) is 14.9. The SMILES string of the molecule is NC(=O)C(c1ccccc1)N1CCN(c2ccnc3cc(Cl)ccc23)CC1. The Hall–Kier alpha value is -2.63. The smallest absolute Gasteiger partial charge is 0.239 e. The molecule has 1 fully saturated rings. The zero-order valence-corrected chi connectivity index (χ0v) is 15.6. The number of carbonyl (C=O) groups is 1. The largest absolute Gasteiger partial charge is 0.368 e. The molecule has 1 saturated heterocycles. The monoisotopic (exact) mass is 380 g/mol. The summed E-state index contributed by atoms with van der Waals surface area (Å²) in [6.07, 6.45) is 1.82. The van der Waals surface area contributed by atoms with Gasteiger partial charge in [0, 0.05) is 48.5 Å². The molecule has 0 aliphatic carbocycles. The van der Waals surface area contributed by atoms with Crippen molar-refractivity contribution in [1.82, 2.24) is 9.88 Å². The van der Waals surface area contributed by atoms with Crippen LogP contribution in [-0.2, 0) is 4.79 Å². The molecule has 0 saturated carbocycles. The number of pyridine rings is 1. The van der Waals surface area contributed by atoms with Gasteiger partial charge in [-0.3, -0.25) is 14.7 Å². The van der Waals surface area contributed by atoms with Crippen LogP contribution < -0.4 is 10.6 Å². The third kappa shape index (κ3) is 3.61. The maximum atomic E-state index is 12.1. The van der Waals surface area contributed by atoms with E-state index in [4.69, 9.17) is 17.3 Å². The van der Waals surface area contributed by atoms with Crippen LogP contribution in [0.15, 0.2) is 60.8 Å². The van der Waals surface area contributed by atoms with Gasteiger partial charge in [-0.05, 0) is 29.8 Å². The van der Waals surface area contributed by atoms with E-state index < -0.39 is 0 Å². The van der Waals surface area contributed by atoms with Crippen molar-refractivity contribution in [2.45, 2.75) is 6.04 Å². The van der Waals surface area contributed by atoms with E-state index in [2.05, 4.69) is 14.8 Å². The van der Waals surface area contributed by atoms with Crippen molar-refractivity contribution >= 4 is 34.1 Å². The molecule has 1 atom stereocenters. The molecular weight excluding hydrogens is 360 g/mol. The quantitative estimate of drug-likeness (QED) is 0.754. The standard InChI is InChI=1S/C21H21ClN4O/c22-16-6-7-17-18(14-16)24-9-8-19(17)25-10-12-26(13-11-25)20(21(23)27)15-4-2-1-3-5-15/h1-9,14,20H,10-13H2,(H2,23,27). The van der Waals surface area contributed by atoms with Crippen molar-refractivity contribution in [2.24, 2.45) is 5.73 Å². The number of piperazine rings is 1. The van der Waals surface area contributed by atoms with Gasteiger partial charge in [0.15, 0.2) is 0 Å². The molecule has 27 heavy (non-hydrogen) atoms. The first-order valence-electron chi connectivity index (χ1n) is 9.01. The van der Waals surface area contributed by atoms with Crippen molar-refractivity contribution in [1.29, 1.82) is 0 Å². The number of benzene rings is 2. The maximum absolute atomic E-state index is 12.1. The van der Waals surface area contributed by atoms with Crippen LogP contribution in [0.25, 0.3) is 10.9 Å². The second kappa shape index (κ2) is 7.55. The Bertz CT molecular complexity index is 955. The number of nitrogens with two attached hydrogens (primary N) is 1. The summed E-state index contributed by atoms with van der Waals surface area (Å²) in [5.74, 6) is -0.307. The third-order valence-electron chi connectivity index (χ3n) is 5.09. The first-order chi connectivity index (χ1) is 13.1. The van der Waals surface area contributed by atoms with E-state index in [1.165, 1.54) is 0 Å². The highest BCUT2D eigenvalue weighted by atomic mass is 35.5. The van der Waals surface area contributed by atoms with Crippen molar-refractivity contribution in [3.05, 3.63) is 71.4 Å². The van der Waals surface area contributed by atoms with Crippen LogP contribution in [0.1, 0.15) is 11.6 Å². The number of fused-ring (bicyclic) bond motifs is 1. The van der Waals surface area contributed by atoms with Crippen LogP contribution in [0.5, 0.6) is 0 Å². The number of aromatic nitrogens is 1. The van der Waals surface area contributed by atoms with Crippen LogP contribution in [0.2, 0.25) is 5.02 Å². The Balaban J connectivity index is 1.55. The first-order valence-corrected chi connectivity index (χ1v) is 9.39. The van der Waals surface area contributed by atoms with Gasteiger partial charge in [0.05, 0.1) is 5.52 Å². The van der Waals surface area contributed by atoms with E-state index in [1.54, 1.807) is 0 Å². The number of rotatable bonds is 4. The van der Waals surface area contributed by atoms with E-state index in [1.807, 2.05) is 60.8 Å². The van der Waals surface area contributed by atoms with E-state index in [0.717, 1.165) is 48.3 Å². The van der Waals surface area contributed by atoms with Gasteiger partial charge in [-0.15, -0.1) is 0 Å². The highest BCUT2D eigenvalue weighted by molar-refractivity contribution is 6.31. The second-order valence-corrected chi connectivity index (χ2v) is 7.17. The Morgan fingerprint density at radius 3 is 2.48 bits per heavy atom. The second-order valence-electron chi connectivity index (χ2n) is 6.73. The molecule has 1 amide bonds. The van der Waals surface area contributed by atoms with Crippen molar-refractivity contribution < 1.29 is 4.79 Å². The van der Waals surface area contributed by atoms with Crippen molar-refractivity contribution in [3.63, 3.8) is 0 Å². The van der Waals surface area contributed by atoms with Gasteiger partial charge < -0.3 is 10.6 Å². The molecule has 0 bridgehead atoms. The molecule has 4 rings (SSSR count). The molecular formula is C21H21ClN4O. The van der Waals surface area contributed by atoms with Gasteiger partial charge in [-0.25, -0.2) is 0 Å². The molecule has 3 aromatic rings. The lowest BCUT2D eigenvalue weighted by atomic mass is 10.0. The van der Waals surface area contributed by atoms with E-state index in [-0.39, 0.29) is 11.9 Å². The summed E-state index contributed by atoms with van der Waals surface area (Å²) < 4.78 is 0. The molecule has 5 nitrogen and oxygen atoms in total. The minimum atomic E-state index is -0.388. The summed E-state index contributed by atoms with van der Waals surface area (Å²) in [7, 11) is 0. The number of hydrogen-bond acceptors (Lipinski definition) is 4. The lowest BCUT2D eigenvalue weighted by Crippen LogP contribution is -2.50. The summed E-state index contributed by atoms with van der Waals surface area (Å²) in [4.78, 5) is 21.0.